The van der Waals surface area contributed by atoms with Gasteiger partial charge in [0.25, 0.3) is 0 Å². The molecular weight excluding hydrogens is 360 g/mol. The Morgan fingerprint density at radius 3 is 2.72 bits per heavy atom. The number of nitrogens with zero attached hydrogens (tertiary/aromatic N) is 2. The minimum absolute atomic E-state index is 0.0848. The molecule has 2 unspecified atom stereocenters. The van der Waals surface area contributed by atoms with Crippen molar-refractivity contribution in [3.63, 3.8) is 0 Å². The molecule has 1 aromatic heterocycles. The normalized spacial score (nSPS) is 21.0. The highest BCUT2D eigenvalue weighted by Gasteiger charge is 2.38. The first-order valence-corrected chi connectivity index (χ1v) is 10.3. The molecule has 2 atom stereocenters. The highest BCUT2D eigenvalue weighted by Crippen LogP contribution is 2.38. The van der Waals surface area contributed by atoms with Crippen molar-refractivity contribution in [3.05, 3.63) is 84.2 Å². The summed E-state index contributed by atoms with van der Waals surface area (Å²) in [5.41, 5.74) is 3.32. The molecule has 3 heterocycles. The van der Waals surface area contributed by atoms with Crippen molar-refractivity contribution in [2.24, 2.45) is 0 Å². The quantitative estimate of drug-likeness (QED) is 0.592. The first kappa shape index (κ1) is 17.9. The van der Waals surface area contributed by atoms with Crippen LogP contribution in [-0.2, 0) is 11.3 Å². The van der Waals surface area contributed by atoms with Crippen LogP contribution >= 0.6 is 0 Å². The van der Waals surface area contributed by atoms with E-state index in [9.17, 15) is 4.79 Å². The van der Waals surface area contributed by atoms with Gasteiger partial charge in [-0.3, -0.25) is 9.88 Å². The molecule has 0 aliphatic carbocycles. The predicted molar refractivity (Wildman–Crippen MR) is 114 cm³/mol. The van der Waals surface area contributed by atoms with E-state index in [2.05, 4.69) is 36.4 Å². The van der Waals surface area contributed by atoms with Gasteiger partial charge in [0.1, 0.15) is 6.61 Å². The van der Waals surface area contributed by atoms with Crippen LogP contribution in [0.1, 0.15) is 36.9 Å². The zero-order valence-corrected chi connectivity index (χ0v) is 16.3. The van der Waals surface area contributed by atoms with Crippen molar-refractivity contribution in [2.75, 3.05) is 0 Å². The first-order valence-electron chi connectivity index (χ1n) is 10.3. The molecule has 2 bridgehead atoms. The summed E-state index contributed by atoms with van der Waals surface area (Å²) in [6.07, 6.45) is 7.89. The number of aromatic nitrogens is 1. The number of benzene rings is 2. The maximum absolute atomic E-state index is 12.9. The van der Waals surface area contributed by atoms with Crippen molar-refractivity contribution in [1.29, 1.82) is 0 Å². The molecule has 0 N–H and O–H groups in total. The van der Waals surface area contributed by atoms with Crippen molar-refractivity contribution < 1.29 is 9.53 Å². The molecule has 3 aromatic rings. The van der Waals surface area contributed by atoms with Gasteiger partial charge >= 0.3 is 6.09 Å². The van der Waals surface area contributed by atoms with Gasteiger partial charge in [-0.2, -0.15) is 0 Å². The van der Waals surface area contributed by atoms with Crippen LogP contribution in [-0.4, -0.2) is 28.1 Å². The van der Waals surface area contributed by atoms with Crippen LogP contribution in [0, 0.1) is 0 Å². The second-order valence-electron chi connectivity index (χ2n) is 7.88. The van der Waals surface area contributed by atoms with E-state index < -0.39 is 0 Å². The maximum Gasteiger partial charge on any atom is 0.410 e. The number of rotatable bonds is 3. The summed E-state index contributed by atoms with van der Waals surface area (Å²) in [5.74, 6) is 0. The van der Waals surface area contributed by atoms with Crippen LogP contribution in [0.5, 0.6) is 0 Å². The summed E-state index contributed by atoms with van der Waals surface area (Å²) in [4.78, 5) is 19.6. The Bertz CT molecular complexity index is 1060. The molecule has 1 amide bonds. The Balaban J connectivity index is 1.40. The number of amides is 1. The zero-order valence-electron chi connectivity index (χ0n) is 16.3. The number of carbonyl (C=O) groups is 1. The minimum atomic E-state index is -0.204. The second-order valence-corrected chi connectivity index (χ2v) is 7.88. The minimum Gasteiger partial charge on any atom is -0.445 e. The Morgan fingerprint density at radius 2 is 1.86 bits per heavy atom. The molecule has 4 heteroatoms. The molecule has 0 spiro atoms. The van der Waals surface area contributed by atoms with Gasteiger partial charge in [0, 0.05) is 17.6 Å². The van der Waals surface area contributed by atoms with Crippen LogP contribution in [0.4, 0.5) is 4.79 Å². The number of hydrogen-bond donors (Lipinski definition) is 0. The maximum atomic E-state index is 12.9. The molecule has 5 rings (SSSR count). The summed E-state index contributed by atoms with van der Waals surface area (Å²) in [6, 6.07) is 20.5. The van der Waals surface area contributed by atoms with Gasteiger partial charge < -0.3 is 4.74 Å². The average Bonchev–Trinajstić information content (AvgIpc) is 2.77. The van der Waals surface area contributed by atoms with E-state index in [1.165, 1.54) is 16.3 Å². The van der Waals surface area contributed by atoms with Crippen molar-refractivity contribution >= 4 is 22.4 Å². The number of carbonyl (C=O) groups excluding carboxylic acids is 1. The molecule has 0 radical (unpaired) electrons. The standard InChI is InChI=1S/C25H24N2O2/c28-25(29-17-18-7-2-1-3-8-18)27-21-10-6-11-22(27)16-20(15-21)24-23-12-5-4-9-19(23)13-14-26-24/h1-5,7-9,12-15,21-22H,6,10-11,16-17H2. The third-order valence-electron chi connectivity index (χ3n) is 6.03. The van der Waals surface area contributed by atoms with Crippen LogP contribution in [0.3, 0.4) is 0 Å². The predicted octanol–water partition coefficient (Wildman–Crippen LogP) is 5.58. The zero-order chi connectivity index (χ0) is 19.6. The van der Waals surface area contributed by atoms with Crippen molar-refractivity contribution in [3.8, 4) is 0 Å². The monoisotopic (exact) mass is 384 g/mol. The summed E-state index contributed by atoms with van der Waals surface area (Å²) in [7, 11) is 0. The Morgan fingerprint density at radius 1 is 1.03 bits per heavy atom. The molecule has 146 valence electrons. The number of piperidine rings is 1. The van der Waals surface area contributed by atoms with E-state index in [0.717, 1.165) is 36.9 Å². The van der Waals surface area contributed by atoms with E-state index in [1.54, 1.807) is 0 Å². The van der Waals surface area contributed by atoms with E-state index >= 15 is 0 Å². The smallest absolute Gasteiger partial charge is 0.410 e. The first-order chi connectivity index (χ1) is 14.3. The van der Waals surface area contributed by atoms with Gasteiger partial charge in [-0.05, 0) is 48.3 Å². The highest BCUT2D eigenvalue weighted by atomic mass is 16.6. The summed E-state index contributed by atoms with van der Waals surface area (Å²) >= 11 is 0. The van der Waals surface area contributed by atoms with Gasteiger partial charge in [0.2, 0.25) is 0 Å². The molecule has 2 aliphatic rings. The lowest BCUT2D eigenvalue weighted by atomic mass is 9.83. The Labute approximate surface area is 170 Å². The molecule has 29 heavy (non-hydrogen) atoms. The van der Waals surface area contributed by atoms with Crippen LogP contribution in [0.2, 0.25) is 0 Å². The lowest BCUT2D eigenvalue weighted by molar-refractivity contribution is 0.0510. The van der Waals surface area contributed by atoms with E-state index in [0.29, 0.717) is 6.61 Å². The fourth-order valence-corrected chi connectivity index (χ4v) is 4.66. The number of pyridine rings is 1. The SMILES string of the molecule is O=C(OCc1ccccc1)N1C2C=C(c3nccc4ccccc34)CC1CCC2. The van der Waals surface area contributed by atoms with Gasteiger partial charge in [-0.15, -0.1) is 0 Å². The summed E-state index contributed by atoms with van der Waals surface area (Å²) in [6.45, 7) is 0.317. The molecule has 4 nitrogen and oxygen atoms in total. The lowest BCUT2D eigenvalue weighted by Gasteiger charge is -2.44. The van der Waals surface area contributed by atoms with Crippen molar-refractivity contribution in [1.82, 2.24) is 9.88 Å². The third-order valence-corrected chi connectivity index (χ3v) is 6.03. The summed E-state index contributed by atoms with van der Waals surface area (Å²) < 4.78 is 5.66. The van der Waals surface area contributed by atoms with Gasteiger partial charge in [0.15, 0.2) is 0 Å². The lowest BCUT2D eigenvalue weighted by Crippen LogP contribution is -2.51. The van der Waals surface area contributed by atoms with Crippen LogP contribution in [0.25, 0.3) is 16.3 Å². The Hall–Kier alpha value is -3.14. The molecule has 1 fully saturated rings. The van der Waals surface area contributed by atoms with E-state index in [-0.39, 0.29) is 18.2 Å². The highest BCUT2D eigenvalue weighted by molar-refractivity contribution is 5.92. The van der Waals surface area contributed by atoms with Crippen LogP contribution < -0.4 is 0 Å². The van der Waals surface area contributed by atoms with Gasteiger partial charge in [-0.25, -0.2) is 4.79 Å². The van der Waals surface area contributed by atoms with Crippen molar-refractivity contribution in [2.45, 2.75) is 44.4 Å². The summed E-state index contributed by atoms with van der Waals surface area (Å²) in [5, 5.41) is 2.38. The second kappa shape index (κ2) is 7.70. The average molecular weight is 384 g/mol. The molecule has 2 aromatic carbocycles. The number of hydrogen-bond acceptors (Lipinski definition) is 3. The number of ether oxygens (including phenoxy) is 1. The van der Waals surface area contributed by atoms with E-state index in [4.69, 9.17) is 9.72 Å². The van der Waals surface area contributed by atoms with E-state index in [1.807, 2.05) is 41.4 Å². The largest absolute Gasteiger partial charge is 0.445 e. The number of fused-ring (bicyclic) bond motifs is 3. The molecule has 2 aliphatic heterocycles. The van der Waals surface area contributed by atoms with Gasteiger partial charge in [0.05, 0.1) is 11.7 Å². The third kappa shape index (κ3) is 3.51. The Kier molecular flexibility index (Phi) is 4.76. The topological polar surface area (TPSA) is 42.4 Å². The molecule has 0 saturated carbocycles. The van der Waals surface area contributed by atoms with Crippen LogP contribution in [0.15, 0.2) is 72.9 Å². The molecule has 1 saturated heterocycles. The fourth-order valence-electron chi connectivity index (χ4n) is 4.66. The fraction of sp³-hybridized carbons (Fsp3) is 0.280. The van der Waals surface area contributed by atoms with Gasteiger partial charge in [-0.1, -0.05) is 60.7 Å². The molecular formula is C25H24N2O2.